The van der Waals surface area contributed by atoms with Crippen LogP contribution in [0.3, 0.4) is 0 Å². The molecule has 0 bridgehead atoms. The Hall–Kier alpha value is -0.640. The molecule has 0 radical (unpaired) electrons. The molecule has 1 rings (SSSR count). The summed E-state index contributed by atoms with van der Waals surface area (Å²) in [5.74, 6) is 0.203. The maximum absolute atomic E-state index is 11.0. The van der Waals surface area contributed by atoms with E-state index in [1.165, 1.54) is 0 Å². The molecule has 1 aromatic heterocycles. The van der Waals surface area contributed by atoms with Crippen molar-refractivity contribution in [1.29, 1.82) is 0 Å². The molecule has 4 heteroatoms. The molecule has 1 atom stereocenters. The van der Waals surface area contributed by atoms with E-state index in [2.05, 4.69) is 21.0 Å². The van der Waals surface area contributed by atoms with Gasteiger partial charge >= 0.3 is 0 Å². The zero-order valence-electron chi connectivity index (χ0n) is 8.91. The molecule has 14 heavy (non-hydrogen) atoms. The highest BCUT2D eigenvalue weighted by molar-refractivity contribution is 9.10. The van der Waals surface area contributed by atoms with Gasteiger partial charge in [0.15, 0.2) is 0 Å². The Morgan fingerprint density at radius 2 is 2.07 bits per heavy atom. The molecule has 0 aliphatic rings. The Bertz CT molecular complexity index is 344. The largest absolute Gasteiger partial charge is 0.303 e. The highest BCUT2D eigenvalue weighted by atomic mass is 79.9. The first-order valence-corrected chi connectivity index (χ1v) is 5.42. The molecule has 0 aromatic carbocycles. The molecule has 0 aliphatic carbocycles. The first kappa shape index (κ1) is 11.4. The van der Waals surface area contributed by atoms with Crippen LogP contribution in [0.4, 0.5) is 0 Å². The number of hydrogen-bond donors (Lipinski definition) is 0. The number of aryl methyl sites for hydroxylation is 2. The predicted molar refractivity (Wildman–Crippen MR) is 59.3 cm³/mol. The van der Waals surface area contributed by atoms with E-state index in [4.69, 9.17) is 0 Å². The van der Waals surface area contributed by atoms with Crippen molar-refractivity contribution in [1.82, 2.24) is 9.78 Å². The van der Waals surface area contributed by atoms with Gasteiger partial charge in [-0.25, -0.2) is 0 Å². The second-order valence-electron chi connectivity index (χ2n) is 3.81. The van der Waals surface area contributed by atoms with Crippen molar-refractivity contribution in [3.63, 3.8) is 0 Å². The molecule has 1 unspecified atom stereocenters. The summed E-state index contributed by atoms with van der Waals surface area (Å²) in [5, 5.41) is 4.27. The third-order valence-corrected chi connectivity index (χ3v) is 3.35. The third kappa shape index (κ3) is 1.90. The fourth-order valence-electron chi connectivity index (χ4n) is 1.55. The van der Waals surface area contributed by atoms with Gasteiger partial charge in [-0.2, -0.15) is 5.10 Å². The van der Waals surface area contributed by atoms with Crippen LogP contribution in [-0.2, 0) is 11.8 Å². The maximum Gasteiger partial charge on any atom is 0.129 e. The molecule has 0 saturated carbocycles. The summed E-state index contributed by atoms with van der Waals surface area (Å²) in [4.78, 5) is 11.0. The van der Waals surface area contributed by atoms with E-state index < -0.39 is 0 Å². The summed E-state index contributed by atoms with van der Waals surface area (Å²) in [6.07, 6.45) is 0.992. The Labute approximate surface area is 92.6 Å². The van der Waals surface area contributed by atoms with Crippen molar-refractivity contribution in [2.45, 2.75) is 26.7 Å². The molecule has 0 amide bonds. The summed E-state index contributed by atoms with van der Waals surface area (Å²) >= 11 is 3.47. The van der Waals surface area contributed by atoms with Gasteiger partial charge in [-0.15, -0.1) is 0 Å². The van der Waals surface area contributed by atoms with Gasteiger partial charge < -0.3 is 4.79 Å². The first-order valence-electron chi connectivity index (χ1n) is 4.63. The molecule has 3 nitrogen and oxygen atoms in total. The number of rotatable bonds is 3. The van der Waals surface area contributed by atoms with Gasteiger partial charge in [0.2, 0.25) is 0 Å². The minimum absolute atomic E-state index is 0.0874. The lowest BCUT2D eigenvalue weighted by Gasteiger charge is -2.15. The predicted octanol–water partition coefficient (Wildman–Crippen LogP) is 2.43. The van der Waals surface area contributed by atoms with Crippen molar-refractivity contribution in [3.05, 3.63) is 15.9 Å². The van der Waals surface area contributed by atoms with Gasteiger partial charge in [0.05, 0.1) is 21.8 Å². The highest BCUT2D eigenvalue weighted by Crippen LogP contribution is 2.30. The molecule has 0 fully saturated rings. The molecular formula is C10H15BrN2O. The summed E-state index contributed by atoms with van der Waals surface area (Å²) in [6.45, 7) is 6.00. The van der Waals surface area contributed by atoms with Crippen molar-refractivity contribution in [2.75, 3.05) is 0 Å². The molecule has 0 saturated heterocycles. The zero-order valence-corrected chi connectivity index (χ0v) is 10.5. The summed E-state index contributed by atoms with van der Waals surface area (Å²) in [7, 11) is 1.87. The quantitative estimate of drug-likeness (QED) is 0.781. The van der Waals surface area contributed by atoms with E-state index in [0.29, 0.717) is 5.92 Å². The van der Waals surface area contributed by atoms with E-state index >= 15 is 0 Å². The SMILES string of the molecule is Cc1nn(C)c(C(C=O)C(C)C)c1Br. The average molecular weight is 259 g/mol. The minimum Gasteiger partial charge on any atom is -0.303 e. The summed E-state index contributed by atoms with van der Waals surface area (Å²) in [5.41, 5.74) is 1.89. The van der Waals surface area contributed by atoms with E-state index in [1.807, 2.05) is 27.8 Å². The van der Waals surface area contributed by atoms with Crippen LogP contribution in [-0.4, -0.2) is 16.1 Å². The van der Waals surface area contributed by atoms with Crippen molar-refractivity contribution in [2.24, 2.45) is 13.0 Å². The minimum atomic E-state index is -0.0874. The van der Waals surface area contributed by atoms with Crippen LogP contribution in [0.15, 0.2) is 4.47 Å². The number of hydrogen-bond acceptors (Lipinski definition) is 2. The summed E-state index contributed by atoms with van der Waals surface area (Å²) < 4.78 is 2.73. The first-order chi connectivity index (χ1) is 6.49. The topological polar surface area (TPSA) is 34.9 Å². The fourth-order valence-corrected chi connectivity index (χ4v) is 2.15. The Balaban J connectivity index is 3.22. The average Bonchev–Trinajstić information content (AvgIpc) is 2.32. The summed E-state index contributed by atoms with van der Waals surface area (Å²) in [6, 6.07) is 0. The third-order valence-electron chi connectivity index (χ3n) is 2.37. The van der Waals surface area contributed by atoms with Crippen LogP contribution in [0.25, 0.3) is 0 Å². The van der Waals surface area contributed by atoms with Crippen LogP contribution in [0.2, 0.25) is 0 Å². The van der Waals surface area contributed by atoms with Crippen LogP contribution in [0.1, 0.15) is 31.2 Å². The smallest absolute Gasteiger partial charge is 0.129 e. The number of carbonyl (C=O) groups excluding carboxylic acids is 1. The second kappa shape index (κ2) is 4.26. The Kier molecular flexibility index (Phi) is 3.48. The lowest BCUT2D eigenvalue weighted by Crippen LogP contribution is -2.13. The Morgan fingerprint density at radius 3 is 2.36 bits per heavy atom. The van der Waals surface area contributed by atoms with Gasteiger partial charge in [-0.1, -0.05) is 13.8 Å². The number of nitrogens with zero attached hydrogens (tertiary/aromatic N) is 2. The molecular weight excluding hydrogens is 244 g/mol. The molecule has 0 spiro atoms. The molecule has 0 N–H and O–H groups in total. The lowest BCUT2D eigenvalue weighted by molar-refractivity contribution is -0.110. The van der Waals surface area contributed by atoms with Crippen LogP contribution in [0.5, 0.6) is 0 Å². The monoisotopic (exact) mass is 258 g/mol. The number of halogens is 1. The number of aromatic nitrogens is 2. The molecule has 1 heterocycles. The van der Waals surface area contributed by atoms with E-state index in [-0.39, 0.29) is 5.92 Å². The standard InChI is InChI=1S/C10H15BrN2O/c1-6(2)8(5-14)10-9(11)7(3)12-13(10)4/h5-6,8H,1-4H3. The van der Waals surface area contributed by atoms with Gasteiger partial charge in [-0.05, 0) is 28.8 Å². The second-order valence-corrected chi connectivity index (χ2v) is 4.61. The molecule has 78 valence electrons. The molecule has 1 aromatic rings. The van der Waals surface area contributed by atoms with E-state index in [9.17, 15) is 4.79 Å². The van der Waals surface area contributed by atoms with Crippen molar-refractivity contribution in [3.8, 4) is 0 Å². The zero-order chi connectivity index (χ0) is 10.9. The lowest BCUT2D eigenvalue weighted by atomic mass is 9.94. The van der Waals surface area contributed by atoms with Crippen molar-refractivity contribution >= 4 is 22.2 Å². The number of aldehydes is 1. The Morgan fingerprint density at radius 1 is 1.50 bits per heavy atom. The molecule has 0 aliphatic heterocycles. The van der Waals surface area contributed by atoms with Gasteiger partial charge in [0.25, 0.3) is 0 Å². The van der Waals surface area contributed by atoms with Crippen molar-refractivity contribution < 1.29 is 4.79 Å². The fraction of sp³-hybridized carbons (Fsp3) is 0.600. The van der Waals surface area contributed by atoms with E-state index in [1.54, 1.807) is 4.68 Å². The number of carbonyl (C=O) groups is 1. The van der Waals surface area contributed by atoms with Gasteiger partial charge in [0, 0.05) is 7.05 Å². The van der Waals surface area contributed by atoms with Crippen LogP contribution >= 0.6 is 15.9 Å². The van der Waals surface area contributed by atoms with Crippen LogP contribution < -0.4 is 0 Å². The van der Waals surface area contributed by atoms with E-state index in [0.717, 1.165) is 22.1 Å². The van der Waals surface area contributed by atoms with Gasteiger partial charge in [-0.3, -0.25) is 4.68 Å². The highest BCUT2D eigenvalue weighted by Gasteiger charge is 2.23. The normalized spacial score (nSPS) is 13.3. The van der Waals surface area contributed by atoms with Crippen LogP contribution in [0, 0.1) is 12.8 Å². The maximum atomic E-state index is 11.0. The van der Waals surface area contributed by atoms with Gasteiger partial charge in [0.1, 0.15) is 6.29 Å².